The predicted molar refractivity (Wildman–Crippen MR) is 119 cm³/mol. The van der Waals surface area contributed by atoms with Gasteiger partial charge in [-0.05, 0) is 43.7 Å². The van der Waals surface area contributed by atoms with Crippen LogP contribution in [0.3, 0.4) is 0 Å². The number of hydrogen-bond donors (Lipinski definition) is 0. The van der Waals surface area contributed by atoms with Crippen LogP contribution in [0.2, 0.25) is 5.02 Å². The zero-order valence-corrected chi connectivity index (χ0v) is 18.7. The summed E-state index contributed by atoms with van der Waals surface area (Å²) in [6, 6.07) is 7.48. The number of hydrogen-bond acceptors (Lipinski definition) is 9. The van der Waals surface area contributed by atoms with Crippen LogP contribution in [-0.2, 0) is 19.1 Å². The Morgan fingerprint density at radius 2 is 2.03 bits per heavy atom. The lowest BCUT2D eigenvalue weighted by atomic mass is 10.1. The van der Waals surface area contributed by atoms with Crippen molar-refractivity contribution < 1.29 is 33.5 Å². The summed E-state index contributed by atoms with van der Waals surface area (Å²) in [5.41, 5.74) is 1.08. The molecule has 33 heavy (non-hydrogen) atoms. The lowest BCUT2D eigenvalue weighted by Crippen LogP contribution is -2.13. The first kappa shape index (κ1) is 23.7. The van der Waals surface area contributed by atoms with E-state index < -0.39 is 16.9 Å². The summed E-state index contributed by atoms with van der Waals surface area (Å²) in [4.78, 5) is 38.6. The minimum Gasteiger partial charge on any atom is -0.490 e. The van der Waals surface area contributed by atoms with E-state index in [9.17, 15) is 19.7 Å². The van der Waals surface area contributed by atoms with Gasteiger partial charge in [-0.1, -0.05) is 17.7 Å². The average Bonchev–Trinajstić information content (AvgIpc) is 3.13. The van der Waals surface area contributed by atoms with E-state index in [1.807, 2.05) is 0 Å². The number of halogens is 1. The number of ether oxygens (including phenoxy) is 4. The number of nitro groups is 1. The molecule has 0 spiro atoms. The van der Waals surface area contributed by atoms with Crippen LogP contribution in [0.25, 0.3) is 6.08 Å². The highest BCUT2D eigenvalue weighted by molar-refractivity contribution is 6.32. The van der Waals surface area contributed by atoms with Crippen LogP contribution in [0.4, 0.5) is 5.69 Å². The molecule has 3 rings (SSSR count). The quantitative estimate of drug-likeness (QED) is 0.244. The smallest absolute Gasteiger partial charge is 0.363 e. The minimum atomic E-state index is -0.728. The Bertz CT molecular complexity index is 1190. The summed E-state index contributed by atoms with van der Waals surface area (Å²) in [6.45, 7) is 3.30. The van der Waals surface area contributed by atoms with Gasteiger partial charge in [-0.3, -0.25) is 10.1 Å². The largest absolute Gasteiger partial charge is 0.490 e. The number of cyclic esters (lactones) is 1. The molecule has 0 N–H and O–H groups in total. The van der Waals surface area contributed by atoms with E-state index in [1.54, 1.807) is 32.0 Å². The Labute approximate surface area is 193 Å². The third kappa shape index (κ3) is 5.47. The van der Waals surface area contributed by atoms with E-state index in [1.165, 1.54) is 25.3 Å². The zero-order valence-electron chi connectivity index (χ0n) is 17.9. The second kappa shape index (κ2) is 10.1. The molecule has 1 aliphatic rings. The summed E-state index contributed by atoms with van der Waals surface area (Å²) in [5, 5.41) is 11.3. The van der Waals surface area contributed by atoms with Crippen LogP contribution in [0.1, 0.15) is 23.6 Å². The molecular formula is C22H19ClN2O8. The molecule has 10 nitrogen and oxygen atoms in total. The van der Waals surface area contributed by atoms with Gasteiger partial charge in [0.25, 0.3) is 5.69 Å². The minimum absolute atomic E-state index is 0.0324. The maximum Gasteiger partial charge on any atom is 0.363 e. The van der Waals surface area contributed by atoms with Crippen molar-refractivity contribution in [2.75, 3.05) is 20.3 Å². The molecule has 172 valence electrons. The number of benzene rings is 2. The highest BCUT2D eigenvalue weighted by Gasteiger charge is 2.26. The zero-order chi connectivity index (χ0) is 24.1. The maximum atomic E-state index is 12.3. The third-order valence-electron chi connectivity index (χ3n) is 4.47. The van der Waals surface area contributed by atoms with Crippen LogP contribution in [-0.4, -0.2) is 43.1 Å². The van der Waals surface area contributed by atoms with Crippen LogP contribution >= 0.6 is 11.6 Å². The molecule has 2 aromatic carbocycles. The van der Waals surface area contributed by atoms with Crippen LogP contribution in [0.5, 0.6) is 11.5 Å². The van der Waals surface area contributed by atoms with Gasteiger partial charge < -0.3 is 18.9 Å². The number of rotatable bonds is 8. The summed E-state index contributed by atoms with van der Waals surface area (Å²) in [6.07, 6.45) is 1.43. The molecule has 0 atom stereocenters. The van der Waals surface area contributed by atoms with E-state index >= 15 is 0 Å². The predicted octanol–water partition coefficient (Wildman–Crippen LogP) is 3.85. The number of methoxy groups -OCH3 is 1. The van der Waals surface area contributed by atoms with Gasteiger partial charge in [-0.2, -0.15) is 0 Å². The van der Waals surface area contributed by atoms with E-state index in [-0.39, 0.29) is 40.4 Å². The molecule has 0 bridgehead atoms. The standard InChI is InChI=1S/C22H19ClN2O8/c1-4-31-18-9-13(7-15(23)20(18)32-11-19(26)30-3)8-16-22(27)33-21(24-16)14-6-5-12(2)17(10-14)25(28)29/h5-10H,4,11H2,1-3H3/b16-8-. The molecule has 0 fully saturated rings. The Morgan fingerprint density at radius 3 is 2.70 bits per heavy atom. The molecule has 0 aromatic heterocycles. The van der Waals surface area contributed by atoms with Crippen LogP contribution in [0.15, 0.2) is 41.0 Å². The van der Waals surface area contributed by atoms with E-state index in [4.69, 9.17) is 25.8 Å². The van der Waals surface area contributed by atoms with Crippen molar-refractivity contribution in [2.45, 2.75) is 13.8 Å². The van der Waals surface area contributed by atoms with Gasteiger partial charge >= 0.3 is 11.9 Å². The normalized spacial score (nSPS) is 14.0. The number of carbonyl (C=O) groups is 2. The highest BCUT2D eigenvalue weighted by atomic mass is 35.5. The highest BCUT2D eigenvalue weighted by Crippen LogP contribution is 2.37. The lowest BCUT2D eigenvalue weighted by molar-refractivity contribution is -0.385. The van der Waals surface area contributed by atoms with Gasteiger partial charge in [0.15, 0.2) is 23.8 Å². The van der Waals surface area contributed by atoms with E-state index in [0.717, 1.165) is 0 Å². The summed E-state index contributed by atoms with van der Waals surface area (Å²) >= 11 is 6.30. The fourth-order valence-corrected chi connectivity index (χ4v) is 3.17. The summed E-state index contributed by atoms with van der Waals surface area (Å²) < 4.78 is 20.7. The Morgan fingerprint density at radius 1 is 1.27 bits per heavy atom. The lowest BCUT2D eigenvalue weighted by Gasteiger charge is -2.13. The van der Waals surface area contributed by atoms with Crippen molar-refractivity contribution in [3.63, 3.8) is 0 Å². The van der Waals surface area contributed by atoms with Crippen molar-refractivity contribution in [3.8, 4) is 11.5 Å². The number of aliphatic imine (C=N–C) groups is 1. The van der Waals surface area contributed by atoms with Gasteiger partial charge in [0.05, 0.1) is 23.7 Å². The fourth-order valence-electron chi connectivity index (χ4n) is 2.89. The first-order valence-electron chi connectivity index (χ1n) is 9.67. The van der Waals surface area contributed by atoms with Crippen LogP contribution in [0, 0.1) is 17.0 Å². The van der Waals surface area contributed by atoms with Crippen molar-refractivity contribution in [3.05, 3.63) is 67.9 Å². The molecule has 1 aliphatic heterocycles. The van der Waals surface area contributed by atoms with Gasteiger partial charge in [0.2, 0.25) is 5.90 Å². The Hall–Kier alpha value is -3.92. The molecule has 11 heteroatoms. The van der Waals surface area contributed by atoms with Crippen molar-refractivity contribution in [1.82, 2.24) is 0 Å². The number of esters is 2. The van der Waals surface area contributed by atoms with Crippen molar-refractivity contribution in [2.24, 2.45) is 4.99 Å². The fraction of sp³-hybridized carbons (Fsp3) is 0.227. The average molecular weight is 475 g/mol. The Kier molecular flexibility index (Phi) is 7.29. The molecule has 1 heterocycles. The van der Waals surface area contributed by atoms with Crippen molar-refractivity contribution >= 4 is 41.2 Å². The molecule has 0 unspecified atom stereocenters. The van der Waals surface area contributed by atoms with Gasteiger partial charge in [-0.15, -0.1) is 0 Å². The molecule has 0 saturated heterocycles. The van der Waals surface area contributed by atoms with E-state index in [0.29, 0.717) is 23.3 Å². The summed E-state index contributed by atoms with van der Waals surface area (Å²) in [5.74, 6) is -0.967. The maximum absolute atomic E-state index is 12.3. The molecule has 0 aliphatic carbocycles. The second-order valence-electron chi connectivity index (χ2n) is 6.72. The Balaban J connectivity index is 1.94. The molecular weight excluding hydrogens is 456 g/mol. The molecule has 2 aromatic rings. The SMILES string of the molecule is CCOc1cc(/C=C2\N=C(c3ccc(C)c([N+](=O)[O-])c3)OC2=O)cc(Cl)c1OCC(=O)OC. The first-order valence-corrected chi connectivity index (χ1v) is 10.0. The first-order chi connectivity index (χ1) is 15.7. The number of nitrogens with zero attached hydrogens (tertiary/aromatic N) is 2. The molecule has 0 radical (unpaired) electrons. The number of carbonyl (C=O) groups excluding carboxylic acids is 2. The van der Waals surface area contributed by atoms with Gasteiger partial charge in [-0.25, -0.2) is 14.6 Å². The van der Waals surface area contributed by atoms with Gasteiger partial charge in [0, 0.05) is 17.2 Å². The van der Waals surface area contributed by atoms with Crippen molar-refractivity contribution in [1.29, 1.82) is 0 Å². The number of nitro benzene ring substituents is 1. The van der Waals surface area contributed by atoms with Gasteiger partial charge in [0.1, 0.15) is 0 Å². The molecule has 0 amide bonds. The van der Waals surface area contributed by atoms with Crippen LogP contribution < -0.4 is 9.47 Å². The second-order valence-corrected chi connectivity index (χ2v) is 7.13. The third-order valence-corrected chi connectivity index (χ3v) is 4.75. The number of aryl methyl sites for hydroxylation is 1. The van der Waals surface area contributed by atoms with E-state index in [2.05, 4.69) is 9.73 Å². The summed E-state index contributed by atoms with van der Waals surface area (Å²) in [7, 11) is 1.23. The molecule has 0 saturated carbocycles. The topological polar surface area (TPSA) is 127 Å². The monoisotopic (exact) mass is 474 g/mol.